The van der Waals surface area contributed by atoms with Crippen molar-refractivity contribution in [2.75, 3.05) is 0 Å². The smallest absolute Gasteiger partial charge is 0.0414 e. The molecule has 0 heterocycles. The summed E-state index contributed by atoms with van der Waals surface area (Å²) < 4.78 is 0. The lowest BCUT2D eigenvalue weighted by molar-refractivity contribution is 0.354. The molecule has 0 aliphatic rings. The molecule has 7 atom stereocenters. The molecule has 0 aromatic rings. The van der Waals surface area contributed by atoms with E-state index < -0.39 is 0 Å². The van der Waals surface area contributed by atoms with Gasteiger partial charge in [0.1, 0.15) is 0 Å². The van der Waals surface area contributed by atoms with Gasteiger partial charge >= 0.3 is 0 Å². The molecule has 0 aromatic carbocycles. The summed E-state index contributed by atoms with van der Waals surface area (Å²) in [7, 11) is 0. The van der Waals surface area contributed by atoms with Crippen LogP contribution in [0.5, 0.6) is 0 Å². The fourth-order valence-corrected chi connectivity index (χ4v) is 7.29. The van der Waals surface area contributed by atoms with E-state index in [1.807, 2.05) is 0 Å². The highest BCUT2D eigenvalue weighted by Gasteiger charge is 2.12. The number of hydrogen-bond donors (Lipinski definition) is 0. The van der Waals surface area contributed by atoms with Crippen LogP contribution in [-0.4, -0.2) is 0 Å². The van der Waals surface area contributed by atoms with Gasteiger partial charge in [-0.05, 0) is 53.3 Å². The molecular weight excluding hydrogens is 516 g/mol. The van der Waals surface area contributed by atoms with Crippen LogP contribution >= 0.6 is 0 Å². The Morgan fingerprint density at radius 2 is 0.465 bits per heavy atom. The Kier molecular flexibility index (Phi) is 28.2. The van der Waals surface area contributed by atoms with Crippen molar-refractivity contribution in [1.82, 2.24) is 0 Å². The van der Waals surface area contributed by atoms with Crippen LogP contribution in [0.2, 0.25) is 0 Å². The van der Waals surface area contributed by atoms with Crippen molar-refractivity contribution >= 4 is 0 Å². The third-order valence-electron chi connectivity index (χ3n) is 10.9. The zero-order chi connectivity index (χ0) is 32.5. The van der Waals surface area contributed by atoms with Crippen LogP contribution in [0.15, 0.2) is 0 Å². The average Bonchev–Trinajstić information content (AvgIpc) is 2.91. The van der Waals surface area contributed by atoms with Gasteiger partial charge in [-0.1, -0.05) is 224 Å². The molecule has 7 unspecified atom stereocenters. The van der Waals surface area contributed by atoms with E-state index in [2.05, 4.69) is 76.2 Å². The van der Waals surface area contributed by atoms with Gasteiger partial charge < -0.3 is 0 Å². The van der Waals surface area contributed by atoms with Crippen molar-refractivity contribution < 1.29 is 0 Å². The van der Waals surface area contributed by atoms with Crippen molar-refractivity contribution in [3.8, 4) is 0 Å². The first kappa shape index (κ1) is 43.0. The van der Waals surface area contributed by atoms with Crippen LogP contribution in [0.4, 0.5) is 0 Å². The maximum absolute atomic E-state index is 4.54. The molecule has 0 fully saturated rings. The molecule has 0 rings (SSSR count). The lowest BCUT2D eigenvalue weighted by Crippen LogP contribution is -2.04. The monoisotopic (exact) mass is 604 g/mol. The Hall–Kier alpha value is 0. The van der Waals surface area contributed by atoms with Crippen LogP contribution in [0, 0.1) is 60.2 Å². The molecule has 0 spiro atoms. The molecule has 0 saturated carbocycles. The van der Waals surface area contributed by atoms with Crippen LogP contribution in [0.1, 0.15) is 217 Å². The molecule has 0 bridgehead atoms. The van der Waals surface area contributed by atoms with Gasteiger partial charge in [0.05, 0.1) is 0 Å². The van der Waals surface area contributed by atoms with Crippen LogP contribution in [-0.2, 0) is 0 Å². The molecule has 1 radical (unpaired) electrons. The minimum atomic E-state index is 0.670. The molecule has 0 aliphatic carbocycles. The summed E-state index contributed by atoms with van der Waals surface area (Å²) >= 11 is 0. The van der Waals surface area contributed by atoms with E-state index in [-0.39, 0.29) is 0 Å². The highest BCUT2D eigenvalue weighted by molar-refractivity contribution is 4.67. The number of rotatable bonds is 31. The highest BCUT2D eigenvalue weighted by atomic mass is 14.2. The van der Waals surface area contributed by atoms with Gasteiger partial charge in [0.2, 0.25) is 0 Å². The molecule has 0 heteroatoms. The molecule has 0 aromatic heterocycles. The maximum Gasteiger partial charge on any atom is -0.0414 e. The first-order valence-electron chi connectivity index (χ1n) is 20.2. The summed E-state index contributed by atoms with van der Waals surface area (Å²) in [5.74, 6) is 7.88. The van der Waals surface area contributed by atoms with Gasteiger partial charge in [0, 0.05) is 0 Å². The fraction of sp³-hybridized carbons (Fsp3) is 0.977. The quantitative estimate of drug-likeness (QED) is 0.0739. The summed E-state index contributed by atoms with van der Waals surface area (Å²) in [5, 5.41) is 0. The van der Waals surface area contributed by atoms with Crippen LogP contribution in [0.25, 0.3) is 0 Å². The van der Waals surface area contributed by atoms with Crippen LogP contribution < -0.4 is 0 Å². The Balaban J connectivity index is 3.71. The van der Waals surface area contributed by atoms with Gasteiger partial charge in [-0.25, -0.2) is 0 Å². The van der Waals surface area contributed by atoms with Crippen molar-refractivity contribution in [3.63, 3.8) is 0 Å². The topological polar surface area (TPSA) is 0 Å². The minimum absolute atomic E-state index is 0.670. The van der Waals surface area contributed by atoms with Gasteiger partial charge in [-0.15, -0.1) is 0 Å². The lowest BCUT2D eigenvalue weighted by atomic mass is 9.88. The Bertz CT molecular complexity index is 560. The molecule has 259 valence electrons. The van der Waals surface area contributed by atoms with Gasteiger partial charge in [-0.3, -0.25) is 0 Å². The second-order valence-electron chi connectivity index (χ2n) is 17.4. The van der Waals surface area contributed by atoms with E-state index in [0.29, 0.717) is 5.92 Å². The minimum Gasteiger partial charge on any atom is -0.0628 e. The summed E-state index contributed by atoms with van der Waals surface area (Å²) in [6.07, 6.45) is 32.7. The third kappa shape index (κ3) is 30.4. The Morgan fingerprint density at radius 3 is 0.721 bits per heavy atom. The zero-order valence-electron chi connectivity index (χ0n) is 32.2. The molecule has 43 heavy (non-hydrogen) atoms. The van der Waals surface area contributed by atoms with Crippen molar-refractivity contribution in [1.29, 1.82) is 0 Å². The van der Waals surface area contributed by atoms with Crippen molar-refractivity contribution in [2.24, 2.45) is 53.3 Å². The number of hydrogen-bond acceptors (Lipinski definition) is 0. The molecule has 0 aliphatic heterocycles. The second-order valence-corrected chi connectivity index (χ2v) is 17.4. The van der Waals surface area contributed by atoms with Crippen molar-refractivity contribution in [2.45, 2.75) is 217 Å². The molecule has 0 amide bonds. The lowest BCUT2D eigenvalue weighted by Gasteiger charge is -2.18. The van der Waals surface area contributed by atoms with E-state index in [9.17, 15) is 0 Å². The van der Waals surface area contributed by atoms with E-state index in [0.717, 1.165) is 47.3 Å². The predicted octanol–water partition coefficient (Wildman–Crippen LogP) is 15.5. The predicted molar refractivity (Wildman–Crippen MR) is 200 cm³/mol. The first-order valence-corrected chi connectivity index (χ1v) is 20.2. The molecule has 0 nitrogen and oxygen atoms in total. The van der Waals surface area contributed by atoms with Crippen LogP contribution in [0.3, 0.4) is 0 Å². The standard InChI is InChI=1S/C43H87/c1-35(2)19-12-21-37(5)23-14-25-39(7)27-16-28-41(9)30-18-32-43(11)34-33-42(10)31-17-29-40(8)26-15-24-38(6)22-13-20-36(3)4/h35-43H,11-34H2,1-10H3. The largest absolute Gasteiger partial charge is 0.0628 e. The van der Waals surface area contributed by atoms with Gasteiger partial charge in [0.15, 0.2) is 0 Å². The van der Waals surface area contributed by atoms with E-state index in [4.69, 9.17) is 0 Å². The van der Waals surface area contributed by atoms with E-state index in [1.165, 1.54) is 148 Å². The SMILES string of the molecule is [CH2]C(CCCC(C)CCCC(C)CCCC(C)CCCC(C)C)CCC(C)CCCC(C)CCCC(C)CCCC(C)C. The fourth-order valence-electron chi connectivity index (χ4n) is 7.29. The van der Waals surface area contributed by atoms with Crippen molar-refractivity contribution in [3.05, 3.63) is 6.92 Å². The van der Waals surface area contributed by atoms with Gasteiger partial charge in [-0.2, -0.15) is 0 Å². The van der Waals surface area contributed by atoms with E-state index >= 15 is 0 Å². The summed E-state index contributed by atoms with van der Waals surface area (Å²) in [4.78, 5) is 0. The summed E-state index contributed by atoms with van der Waals surface area (Å²) in [6.45, 7) is 28.9. The summed E-state index contributed by atoms with van der Waals surface area (Å²) in [5.41, 5.74) is 0. The third-order valence-corrected chi connectivity index (χ3v) is 10.9. The summed E-state index contributed by atoms with van der Waals surface area (Å²) in [6, 6.07) is 0. The average molecular weight is 604 g/mol. The zero-order valence-corrected chi connectivity index (χ0v) is 32.2. The van der Waals surface area contributed by atoms with Gasteiger partial charge in [0.25, 0.3) is 0 Å². The highest BCUT2D eigenvalue weighted by Crippen LogP contribution is 2.27. The normalized spacial score (nSPS) is 17.2. The Morgan fingerprint density at radius 1 is 0.256 bits per heavy atom. The molecular formula is C43H87. The maximum atomic E-state index is 4.54. The molecule has 0 N–H and O–H groups in total. The second kappa shape index (κ2) is 28.2. The molecule has 0 saturated heterocycles. The van der Waals surface area contributed by atoms with E-state index in [1.54, 1.807) is 0 Å². The Labute approximate surface area is 276 Å². The first-order chi connectivity index (χ1) is 20.4.